The van der Waals surface area contributed by atoms with Crippen LogP contribution in [0, 0.1) is 0 Å². The lowest BCUT2D eigenvalue weighted by Gasteiger charge is -2.09. The average Bonchev–Trinajstić information content (AvgIpc) is 2.47. The van der Waals surface area contributed by atoms with Crippen LogP contribution >= 0.6 is 11.6 Å². The zero-order valence-electron chi connectivity index (χ0n) is 12.4. The molecule has 1 heterocycles. The van der Waals surface area contributed by atoms with Crippen LogP contribution in [0.15, 0.2) is 27.4 Å². The van der Waals surface area contributed by atoms with Crippen molar-refractivity contribution < 1.29 is 13.9 Å². The first kappa shape index (κ1) is 16.3. The normalized spacial score (nSPS) is 10.7. The highest BCUT2D eigenvalue weighted by molar-refractivity contribution is 6.32. The summed E-state index contributed by atoms with van der Waals surface area (Å²) in [5, 5.41) is 6.71. The standard InChI is InChI=1S/C15H17ClN2O4/c1-17-3-4-18-14(19)5-9-6-15(20)22-12-8-13(21-2)11(16)7-10(9)12/h6-8,17H,3-5H2,1-2H3,(H,18,19). The molecule has 118 valence electrons. The molecule has 2 rings (SSSR count). The molecule has 6 nitrogen and oxygen atoms in total. The minimum absolute atomic E-state index is 0.0778. The Kier molecular flexibility index (Phi) is 5.41. The zero-order chi connectivity index (χ0) is 16.1. The van der Waals surface area contributed by atoms with E-state index in [1.165, 1.54) is 13.2 Å². The fourth-order valence-electron chi connectivity index (χ4n) is 2.09. The molecule has 0 radical (unpaired) electrons. The van der Waals surface area contributed by atoms with Gasteiger partial charge < -0.3 is 19.8 Å². The van der Waals surface area contributed by atoms with E-state index in [0.29, 0.717) is 40.4 Å². The first-order chi connectivity index (χ1) is 10.5. The fourth-order valence-corrected chi connectivity index (χ4v) is 2.33. The van der Waals surface area contributed by atoms with E-state index in [1.807, 2.05) is 0 Å². The van der Waals surface area contributed by atoms with Crippen molar-refractivity contribution in [1.29, 1.82) is 0 Å². The van der Waals surface area contributed by atoms with Crippen LogP contribution in [-0.2, 0) is 11.2 Å². The lowest BCUT2D eigenvalue weighted by atomic mass is 10.1. The molecule has 0 aliphatic rings. The van der Waals surface area contributed by atoms with Crippen molar-refractivity contribution in [2.75, 3.05) is 27.2 Å². The van der Waals surface area contributed by atoms with E-state index in [0.717, 1.165) is 0 Å². The molecule has 7 heteroatoms. The molecule has 1 aromatic carbocycles. The molecule has 0 aliphatic heterocycles. The third-order valence-electron chi connectivity index (χ3n) is 3.15. The van der Waals surface area contributed by atoms with Gasteiger partial charge in [-0.2, -0.15) is 0 Å². The maximum Gasteiger partial charge on any atom is 0.336 e. The van der Waals surface area contributed by atoms with Gasteiger partial charge in [-0.15, -0.1) is 0 Å². The molecule has 22 heavy (non-hydrogen) atoms. The van der Waals surface area contributed by atoms with Crippen molar-refractivity contribution in [2.24, 2.45) is 0 Å². The van der Waals surface area contributed by atoms with Crippen molar-refractivity contribution in [3.63, 3.8) is 0 Å². The van der Waals surface area contributed by atoms with E-state index >= 15 is 0 Å². The maximum absolute atomic E-state index is 11.9. The number of hydrogen-bond acceptors (Lipinski definition) is 5. The van der Waals surface area contributed by atoms with Crippen LogP contribution in [0.5, 0.6) is 5.75 Å². The number of amides is 1. The summed E-state index contributed by atoms with van der Waals surface area (Å²) in [6.07, 6.45) is 0.0778. The van der Waals surface area contributed by atoms with E-state index in [-0.39, 0.29) is 12.3 Å². The number of hydrogen-bond donors (Lipinski definition) is 2. The van der Waals surface area contributed by atoms with Crippen LogP contribution < -0.4 is 21.0 Å². The highest BCUT2D eigenvalue weighted by Gasteiger charge is 2.13. The van der Waals surface area contributed by atoms with Gasteiger partial charge in [-0.1, -0.05) is 11.6 Å². The van der Waals surface area contributed by atoms with Gasteiger partial charge in [-0.05, 0) is 18.7 Å². The van der Waals surface area contributed by atoms with Crippen molar-refractivity contribution in [3.8, 4) is 5.75 Å². The van der Waals surface area contributed by atoms with Crippen LogP contribution in [0.1, 0.15) is 5.56 Å². The summed E-state index contributed by atoms with van der Waals surface area (Å²) in [6, 6.07) is 4.49. The molecule has 0 spiro atoms. The maximum atomic E-state index is 11.9. The number of nitrogens with one attached hydrogen (secondary N) is 2. The Bertz CT molecular complexity index is 742. The van der Waals surface area contributed by atoms with Crippen LogP contribution in [-0.4, -0.2) is 33.2 Å². The third kappa shape index (κ3) is 3.78. The van der Waals surface area contributed by atoms with Crippen LogP contribution in [0.4, 0.5) is 0 Å². The van der Waals surface area contributed by atoms with E-state index < -0.39 is 5.63 Å². The fraction of sp³-hybridized carbons (Fsp3) is 0.333. The molecule has 0 bridgehead atoms. The van der Waals surface area contributed by atoms with Gasteiger partial charge in [0.15, 0.2) is 0 Å². The predicted molar refractivity (Wildman–Crippen MR) is 84.7 cm³/mol. The largest absolute Gasteiger partial charge is 0.495 e. The first-order valence-corrected chi connectivity index (χ1v) is 7.14. The smallest absolute Gasteiger partial charge is 0.336 e. The topological polar surface area (TPSA) is 80.6 Å². The van der Waals surface area contributed by atoms with Gasteiger partial charge in [0.2, 0.25) is 5.91 Å². The summed E-state index contributed by atoms with van der Waals surface area (Å²) in [4.78, 5) is 23.6. The van der Waals surface area contributed by atoms with Gasteiger partial charge in [-0.25, -0.2) is 4.79 Å². The zero-order valence-corrected chi connectivity index (χ0v) is 13.1. The van der Waals surface area contributed by atoms with Gasteiger partial charge in [0.05, 0.1) is 18.6 Å². The monoisotopic (exact) mass is 324 g/mol. The summed E-state index contributed by atoms with van der Waals surface area (Å²) in [5.74, 6) is 0.238. The molecule has 1 aromatic heterocycles. The highest BCUT2D eigenvalue weighted by atomic mass is 35.5. The SMILES string of the molecule is CNCCNC(=O)Cc1cc(=O)oc2cc(OC)c(Cl)cc12. The number of carbonyl (C=O) groups is 1. The summed E-state index contributed by atoms with van der Waals surface area (Å²) >= 11 is 6.10. The first-order valence-electron chi connectivity index (χ1n) is 6.76. The number of fused-ring (bicyclic) bond motifs is 1. The molecular formula is C15H17ClN2O4. The quantitative estimate of drug-likeness (QED) is 0.619. The molecule has 0 aliphatic carbocycles. The number of carbonyl (C=O) groups excluding carboxylic acids is 1. The van der Waals surface area contributed by atoms with Crippen molar-refractivity contribution in [1.82, 2.24) is 10.6 Å². The Hall–Kier alpha value is -2.05. The third-order valence-corrected chi connectivity index (χ3v) is 3.45. The van der Waals surface area contributed by atoms with Crippen LogP contribution in [0.25, 0.3) is 11.0 Å². The van der Waals surface area contributed by atoms with Crippen LogP contribution in [0.2, 0.25) is 5.02 Å². The summed E-state index contributed by atoms with van der Waals surface area (Å²) in [5.41, 5.74) is 0.388. The van der Waals surface area contributed by atoms with Gasteiger partial charge in [0, 0.05) is 30.6 Å². The Morgan fingerprint density at radius 1 is 1.32 bits per heavy atom. The average molecular weight is 325 g/mol. The predicted octanol–water partition coefficient (Wildman–Crippen LogP) is 1.33. The summed E-state index contributed by atoms with van der Waals surface area (Å²) < 4.78 is 10.2. The molecule has 0 saturated heterocycles. The van der Waals surface area contributed by atoms with Crippen molar-refractivity contribution in [3.05, 3.63) is 39.2 Å². The second-order valence-electron chi connectivity index (χ2n) is 4.70. The molecule has 0 atom stereocenters. The minimum atomic E-state index is -0.519. The number of halogens is 1. The van der Waals surface area contributed by atoms with E-state index in [4.69, 9.17) is 20.8 Å². The van der Waals surface area contributed by atoms with E-state index in [2.05, 4.69) is 10.6 Å². The van der Waals surface area contributed by atoms with Crippen molar-refractivity contribution >= 4 is 28.5 Å². The van der Waals surface area contributed by atoms with Crippen LogP contribution in [0.3, 0.4) is 0 Å². The Labute approximate surface area is 132 Å². The molecule has 0 unspecified atom stereocenters. The summed E-state index contributed by atoms with van der Waals surface area (Å²) in [6.45, 7) is 1.19. The van der Waals surface area contributed by atoms with E-state index in [1.54, 1.807) is 19.2 Å². The minimum Gasteiger partial charge on any atom is -0.495 e. The Balaban J connectivity index is 2.34. The number of ether oxygens (including phenoxy) is 1. The number of methoxy groups -OCH3 is 1. The number of rotatable bonds is 6. The number of likely N-dealkylation sites (N-methyl/N-ethyl adjacent to an activating group) is 1. The molecular weight excluding hydrogens is 308 g/mol. The Morgan fingerprint density at radius 3 is 2.77 bits per heavy atom. The molecule has 0 saturated carbocycles. The second kappa shape index (κ2) is 7.29. The number of benzene rings is 1. The van der Waals surface area contributed by atoms with Crippen molar-refractivity contribution in [2.45, 2.75) is 6.42 Å². The highest BCUT2D eigenvalue weighted by Crippen LogP contribution is 2.30. The molecule has 0 fully saturated rings. The molecule has 2 aromatic rings. The van der Waals surface area contributed by atoms with Gasteiger partial charge >= 0.3 is 5.63 Å². The van der Waals surface area contributed by atoms with Gasteiger partial charge in [0.1, 0.15) is 11.3 Å². The molecule has 2 N–H and O–H groups in total. The van der Waals surface area contributed by atoms with Gasteiger partial charge in [-0.3, -0.25) is 4.79 Å². The Morgan fingerprint density at radius 2 is 2.09 bits per heavy atom. The van der Waals surface area contributed by atoms with E-state index in [9.17, 15) is 9.59 Å². The summed E-state index contributed by atoms with van der Waals surface area (Å²) in [7, 11) is 3.28. The second-order valence-corrected chi connectivity index (χ2v) is 5.11. The lowest BCUT2D eigenvalue weighted by Crippen LogP contribution is -2.31. The lowest BCUT2D eigenvalue weighted by molar-refractivity contribution is -0.120. The van der Waals surface area contributed by atoms with Gasteiger partial charge in [0.25, 0.3) is 0 Å². The molecule has 1 amide bonds.